The number of hydrogen-bond donors (Lipinski definition) is 2. The molecule has 2 aromatic heterocycles. The highest BCUT2D eigenvalue weighted by Crippen LogP contribution is 2.22. The number of likely N-dealkylation sites (tertiary alicyclic amines) is 1. The second-order valence-electron chi connectivity index (χ2n) is 8.01. The average molecular weight is 491 g/mol. The molecule has 7 nitrogen and oxygen atoms in total. The summed E-state index contributed by atoms with van der Waals surface area (Å²) in [6, 6.07) is 9.66. The van der Waals surface area contributed by atoms with E-state index in [-0.39, 0.29) is 17.3 Å². The van der Waals surface area contributed by atoms with Crippen LogP contribution in [-0.2, 0) is 23.1 Å². The summed E-state index contributed by atoms with van der Waals surface area (Å²) in [4.78, 5) is 20.6. The van der Waals surface area contributed by atoms with Crippen LogP contribution in [0.5, 0.6) is 0 Å². The fourth-order valence-electron chi connectivity index (χ4n) is 3.71. The Balaban J connectivity index is 1.33. The molecule has 170 valence electrons. The van der Waals surface area contributed by atoms with Gasteiger partial charge in [0, 0.05) is 35.5 Å². The van der Waals surface area contributed by atoms with Crippen LogP contribution in [0.3, 0.4) is 0 Å². The van der Waals surface area contributed by atoms with Crippen molar-refractivity contribution in [2.75, 3.05) is 18.4 Å². The Hall–Kier alpha value is -2.11. The summed E-state index contributed by atoms with van der Waals surface area (Å²) >= 11 is 2.89. The van der Waals surface area contributed by atoms with Gasteiger partial charge in [0.1, 0.15) is 0 Å². The maximum atomic E-state index is 12.6. The normalized spacial score (nSPS) is 17.3. The minimum atomic E-state index is -3.64. The van der Waals surface area contributed by atoms with Crippen LogP contribution in [0.25, 0.3) is 0 Å². The van der Waals surface area contributed by atoms with Gasteiger partial charge in [-0.15, -0.1) is 22.7 Å². The number of anilines is 1. The Labute approximate surface area is 196 Å². The molecule has 10 heteroatoms. The molecule has 1 saturated heterocycles. The van der Waals surface area contributed by atoms with Crippen molar-refractivity contribution in [1.29, 1.82) is 0 Å². The molecule has 0 spiro atoms. The minimum absolute atomic E-state index is 0.123. The molecular formula is C22H26N4O3S3. The van der Waals surface area contributed by atoms with Crippen LogP contribution in [0.2, 0.25) is 0 Å². The van der Waals surface area contributed by atoms with Crippen molar-refractivity contribution < 1.29 is 13.2 Å². The van der Waals surface area contributed by atoms with Gasteiger partial charge in [0.25, 0.3) is 5.91 Å². The standard InChI is InChI=1S/C22H26N4O3S3/c1-16-4-2-10-26(13-16)14-18-15-31-22(24-18)25-21(27)17-6-8-20(9-7-17)32(28,29)23-12-19-5-3-11-30-19/h3,5-9,11,15-16,23H,2,4,10,12-14H2,1H3,(H,24,25,27). The molecule has 0 radical (unpaired) electrons. The van der Waals surface area contributed by atoms with Gasteiger partial charge in [0.15, 0.2) is 5.13 Å². The van der Waals surface area contributed by atoms with E-state index >= 15 is 0 Å². The van der Waals surface area contributed by atoms with Crippen LogP contribution in [0.15, 0.2) is 52.1 Å². The van der Waals surface area contributed by atoms with Crippen molar-refractivity contribution in [3.05, 3.63) is 63.3 Å². The average Bonchev–Trinajstić information content (AvgIpc) is 3.45. The van der Waals surface area contributed by atoms with E-state index in [4.69, 9.17) is 0 Å². The predicted octanol–water partition coefficient (Wildman–Crippen LogP) is 4.17. The minimum Gasteiger partial charge on any atom is -0.298 e. The number of amides is 1. The summed E-state index contributed by atoms with van der Waals surface area (Å²) in [6.45, 7) is 5.47. The number of nitrogens with zero attached hydrogens (tertiary/aromatic N) is 2. The van der Waals surface area contributed by atoms with Crippen molar-refractivity contribution in [3.8, 4) is 0 Å². The quantitative estimate of drug-likeness (QED) is 0.495. The molecule has 1 aliphatic rings. The highest BCUT2D eigenvalue weighted by atomic mass is 32.2. The van der Waals surface area contributed by atoms with Crippen molar-refractivity contribution in [2.45, 2.75) is 37.8 Å². The number of nitrogens with one attached hydrogen (secondary N) is 2. The van der Waals surface area contributed by atoms with Crippen LogP contribution in [0, 0.1) is 5.92 Å². The number of aromatic nitrogens is 1. The van der Waals surface area contributed by atoms with Gasteiger partial charge in [-0.05, 0) is 61.0 Å². The number of thiazole rings is 1. The highest BCUT2D eigenvalue weighted by molar-refractivity contribution is 7.89. The number of hydrogen-bond acceptors (Lipinski definition) is 7. The zero-order valence-electron chi connectivity index (χ0n) is 17.8. The first kappa shape index (κ1) is 23.1. The van der Waals surface area contributed by atoms with Gasteiger partial charge in [-0.3, -0.25) is 15.0 Å². The molecule has 1 fully saturated rings. The van der Waals surface area contributed by atoms with Gasteiger partial charge in [-0.1, -0.05) is 13.0 Å². The van der Waals surface area contributed by atoms with Crippen molar-refractivity contribution in [3.63, 3.8) is 0 Å². The summed E-state index contributed by atoms with van der Waals surface area (Å²) in [5.74, 6) is 0.396. The predicted molar refractivity (Wildman–Crippen MR) is 129 cm³/mol. The fraction of sp³-hybridized carbons (Fsp3) is 0.364. The molecule has 1 atom stereocenters. The zero-order valence-corrected chi connectivity index (χ0v) is 20.2. The Bertz CT molecular complexity index is 1140. The molecule has 1 aromatic carbocycles. The number of sulfonamides is 1. The summed E-state index contributed by atoms with van der Waals surface area (Å²) in [6.07, 6.45) is 2.49. The third kappa shape index (κ3) is 6.02. The molecule has 0 bridgehead atoms. The summed E-state index contributed by atoms with van der Waals surface area (Å²) in [5, 5.41) is 7.23. The Morgan fingerprint density at radius 2 is 2.03 bits per heavy atom. The number of rotatable bonds is 8. The van der Waals surface area contributed by atoms with Gasteiger partial charge in [0.05, 0.1) is 10.6 Å². The fourth-order valence-corrected chi connectivity index (χ4v) is 6.15. The van der Waals surface area contributed by atoms with Crippen LogP contribution in [0.1, 0.15) is 40.7 Å². The van der Waals surface area contributed by atoms with E-state index in [1.54, 1.807) is 0 Å². The van der Waals surface area contributed by atoms with E-state index in [1.165, 1.54) is 59.8 Å². The van der Waals surface area contributed by atoms with Crippen molar-refractivity contribution >= 4 is 43.7 Å². The maximum absolute atomic E-state index is 12.6. The van der Waals surface area contributed by atoms with Gasteiger partial charge < -0.3 is 0 Å². The molecule has 4 rings (SSSR count). The largest absolute Gasteiger partial charge is 0.298 e. The SMILES string of the molecule is CC1CCCN(Cc2csc(NC(=O)c3ccc(S(=O)(=O)NCc4cccs4)cc3)n2)C1. The maximum Gasteiger partial charge on any atom is 0.257 e. The summed E-state index contributed by atoms with van der Waals surface area (Å²) in [5.41, 5.74) is 1.33. The smallest absolute Gasteiger partial charge is 0.257 e. The van der Waals surface area contributed by atoms with Crippen LogP contribution in [-0.4, -0.2) is 37.3 Å². The molecule has 1 amide bonds. The van der Waals surface area contributed by atoms with E-state index in [0.29, 0.717) is 16.6 Å². The molecular weight excluding hydrogens is 464 g/mol. The first-order valence-electron chi connectivity index (χ1n) is 10.5. The van der Waals surface area contributed by atoms with Gasteiger partial charge in [0.2, 0.25) is 10.0 Å². The van der Waals surface area contributed by atoms with E-state index in [1.807, 2.05) is 22.9 Å². The topological polar surface area (TPSA) is 91.4 Å². The third-order valence-corrected chi connectivity index (χ3v) is 8.44. The molecule has 3 aromatic rings. The Morgan fingerprint density at radius 3 is 2.75 bits per heavy atom. The molecule has 1 unspecified atom stereocenters. The number of benzene rings is 1. The lowest BCUT2D eigenvalue weighted by Crippen LogP contribution is -2.33. The van der Waals surface area contributed by atoms with Gasteiger partial charge in [-0.2, -0.15) is 0 Å². The van der Waals surface area contributed by atoms with Crippen molar-refractivity contribution in [2.24, 2.45) is 5.92 Å². The number of carbonyl (C=O) groups excluding carboxylic acids is 1. The van der Waals surface area contributed by atoms with E-state index < -0.39 is 10.0 Å². The lowest BCUT2D eigenvalue weighted by atomic mass is 10.0. The summed E-state index contributed by atoms with van der Waals surface area (Å²) < 4.78 is 27.5. The monoisotopic (exact) mass is 490 g/mol. The van der Waals surface area contributed by atoms with E-state index in [0.717, 1.165) is 30.2 Å². The first-order valence-corrected chi connectivity index (χ1v) is 13.7. The Morgan fingerprint density at radius 1 is 1.22 bits per heavy atom. The van der Waals surface area contributed by atoms with E-state index in [2.05, 4.69) is 26.8 Å². The number of piperidine rings is 1. The van der Waals surface area contributed by atoms with Gasteiger partial charge >= 0.3 is 0 Å². The first-order chi connectivity index (χ1) is 15.4. The third-order valence-electron chi connectivity index (χ3n) is 5.34. The lowest BCUT2D eigenvalue weighted by Gasteiger charge is -2.30. The highest BCUT2D eigenvalue weighted by Gasteiger charge is 2.18. The molecule has 0 aliphatic carbocycles. The van der Waals surface area contributed by atoms with Gasteiger partial charge in [-0.25, -0.2) is 18.1 Å². The summed E-state index contributed by atoms with van der Waals surface area (Å²) in [7, 11) is -3.64. The number of thiophene rings is 1. The lowest BCUT2D eigenvalue weighted by molar-refractivity contribution is 0.102. The van der Waals surface area contributed by atoms with Crippen LogP contribution in [0.4, 0.5) is 5.13 Å². The second-order valence-corrected chi connectivity index (χ2v) is 11.7. The molecule has 2 N–H and O–H groups in total. The molecule has 0 saturated carbocycles. The molecule has 3 heterocycles. The van der Waals surface area contributed by atoms with Crippen molar-refractivity contribution in [1.82, 2.24) is 14.6 Å². The molecule has 1 aliphatic heterocycles. The second kappa shape index (κ2) is 10.2. The Kier molecular flexibility index (Phi) is 7.37. The van der Waals surface area contributed by atoms with Crippen LogP contribution >= 0.6 is 22.7 Å². The zero-order chi connectivity index (χ0) is 22.6. The van der Waals surface area contributed by atoms with Crippen LogP contribution < -0.4 is 10.0 Å². The molecule has 32 heavy (non-hydrogen) atoms. The number of carbonyl (C=O) groups is 1. The van der Waals surface area contributed by atoms with E-state index in [9.17, 15) is 13.2 Å².